The van der Waals surface area contributed by atoms with Gasteiger partial charge in [0.05, 0.1) is 14.2 Å². The van der Waals surface area contributed by atoms with Crippen molar-refractivity contribution in [3.63, 3.8) is 0 Å². The maximum atomic E-state index is 9.84. The molecule has 1 fully saturated rings. The van der Waals surface area contributed by atoms with Gasteiger partial charge < -0.3 is 19.3 Å². The van der Waals surface area contributed by atoms with Gasteiger partial charge in [0.15, 0.2) is 0 Å². The molecule has 0 bridgehead atoms. The van der Waals surface area contributed by atoms with Crippen molar-refractivity contribution in [2.75, 3.05) is 27.3 Å². The lowest BCUT2D eigenvalue weighted by Gasteiger charge is -2.31. The van der Waals surface area contributed by atoms with Gasteiger partial charge in [0.2, 0.25) is 11.8 Å². The number of rotatable bonds is 5. The highest BCUT2D eigenvalue weighted by atomic mass is 16.5. The van der Waals surface area contributed by atoms with Crippen molar-refractivity contribution in [2.45, 2.75) is 19.7 Å². The van der Waals surface area contributed by atoms with E-state index in [9.17, 15) is 5.02 Å². The molecule has 2 heterocycles. The minimum absolute atomic E-state index is 0.408. The quantitative estimate of drug-likeness (QED) is 0.838. The highest BCUT2D eigenvalue weighted by molar-refractivity contribution is 6.45. The van der Waals surface area contributed by atoms with Gasteiger partial charge in [-0.25, -0.2) is 0 Å². The number of pyridine rings is 1. The highest BCUT2D eigenvalue weighted by Crippen LogP contribution is 2.37. The van der Waals surface area contributed by atoms with E-state index in [1.165, 1.54) is 11.1 Å². The molecule has 1 saturated heterocycles. The van der Waals surface area contributed by atoms with Crippen molar-refractivity contribution in [3.05, 3.63) is 59.2 Å². The summed E-state index contributed by atoms with van der Waals surface area (Å²) in [4.78, 5) is 6.56. The Morgan fingerprint density at radius 2 is 1.73 bits per heavy atom. The molecule has 0 aliphatic carbocycles. The van der Waals surface area contributed by atoms with Crippen molar-refractivity contribution in [3.8, 4) is 11.8 Å². The van der Waals surface area contributed by atoms with Gasteiger partial charge in [-0.3, -0.25) is 0 Å². The van der Waals surface area contributed by atoms with E-state index in [1.54, 1.807) is 14.2 Å². The summed E-state index contributed by atoms with van der Waals surface area (Å²) in [6.07, 6.45) is 1.81. The predicted molar refractivity (Wildman–Crippen MR) is 104 cm³/mol. The van der Waals surface area contributed by atoms with E-state index in [0.29, 0.717) is 11.8 Å². The Morgan fingerprint density at radius 3 is 2.31 bits per heavy atom. The first-order valence-electron chi connectivity index (χ1n) is 8.93. The topological polar surface area (TPSA) is 54.8 Å². The van der Waals surface area contributed by atoms with E-state index < -0.39 is 7.05 Å². The lowest BCUT2D eigenvalue weighted by atomic mass is 9.80. The van der Waals surface area contributed by atoms with Gasteiger partial charge >= 0.3 is 7.05 Å². The van der Waals surface area contributed by atoms with Crippen molar-refractivity contribution in [2.24, 2.45) is 0 Å². The fourth-order valence-corrected chi connectivity index (χ4v) is 3.46. The summed E-state index contributed by atoms with van der Waals surface area (Å²) < 4.78 is 10.8. The number of benzene rings is 1. The van der Waals surface area contributed by atoms with E-state index in [-0.39, 0.29) is 0 Å². The molecule has 0 unspecified atom stereocenters. The zero-order chi connectivity index (χ0) is 18.5. The van der Waals surface area contributed by atoms with Gasteiger partial charge in [0.1, 0.15) is 0 Å². The van der Waals surface area contributed by atoms with Crippen LogP contribution in [0.3, 0.4) is 0 Å². The van der Waals surface area contributed by atoms with Crippen LogP contribution >= 0.6 is 0 Å². The van der Waals surface area contributed by atoms with E-state index >= 15 is 0 Å². The van der Waals surface area contributed by atoms with Gasteiger partial charge in [-0.05, 0) is 50.0 Å². The second kappa shape index (κ2) is 8.38. The molecule has 1 aliphatic heterocycles. The molecule has 5 nitrogen and oxygen atoms in total. The van der Waals surface area contributed by atoms with E-state index in [1.807, 2.05) is 37.2 Å². The molecule has 1 aromatic heterocycles. The van der Waals surface area contributed by atoms with Crippen molar-refractivity contribution in [1.29, 1.82) is 0 Å². The molecule has 0 saturated carbocycles. The zero-order valence-corrected chi connectivity index (χ0v) is 15.6. The van der Waals surface area contributed by atoms with E-state index in [4.69, 9.17) is 9.47 Å². The standard InChI is InChI=1S/C20H25BN2O3/c1-21(24)23-13-11-16(12-14-23)19(15-7-5-4-6-8-15)17-9-10-18(25-2)22-20(17)26-3/h4-10,24H,11-14H2,1-3H3. The third-order valence-electron chi connectivity index (χ3n) is 4.85. The van der Waals surface area contributed by atoms with E-state index in [0.717, 1.165) is 37.1 Å². The average molecular weight is 352 g/mol. The van der Waals surface area contributed by atoms with Crippen LogP contribution < -0.4 is 9.47 Å². The summed E-state index contributed by atoms with van der Waals surface area (Å²) in [6.45, 7) is 3.51. The number of methoxy groups -OCH3 is 2. The molecule has 0 radical (unpaired) electrons. The summed E-state index contributed by atoms with van der Waals surface area (Å²) in [5.74, 6) is 1.10. The van der Waals surface area contributed by atoms with Gasteiger partial charge in [-0.15, -0.1) is 0 Å². The molecular weight excluding hydrogens is 327 g/mol. The molecule has 2 aromatic rings. The number of hydrogen-bond donors (Lipinski definition) is 1. The smallest absolute Gasteiger partial charge is 0.376 e. The Kier molecular flexibility index (Phi) is 5.96. The maximum Gasteiger partial charge on any atom is 0.376 e. The van der Waals surface area contributed by atoms with Crippen LogP contribution in [-0.4, -0.2) is 49.2 Å². The SMILES string of the molecule is COc1ccc(C(=C2CCN(B(C)O)CC2)c2ccccc2)c(OC)n1. The largest absolute Gasteiger partial charge is 0.481 e. The Balaban J connectivity index is 2.08. The minimum Gasteiger partial charge on any atom is -0.481 e. The van der Waals surface area contributed by atoms with Crippen molar-refractivity contribution < 1.29 is 14.5 Å². The van der Waals surface area contributed by atoms with Gasteiger partial charge in [0.25, 0.3) is 0 Å². The summed E-state index contributed by atoms with van der Waals surface area (Å²) in [6, 6.07) is 14.2. The summed E-state index contributed by atoms with van der Waals surface area (Å²) in [5.41, 5.74) is 4.65. The van der Waals surface area contributed by atoms with Gasteiger partial charge in [-0.2, -0.15) is 4.98 Å². The first-order valence-corrected chi connectivity index (χ1v) is 8.93. The molecule has 0 atom stereocenters. The number of nitrogens with zero attached hydrogens (tertiary/aromatic N) is 2. The second-order valence-corrected chi connectivity index (χ2v) is 6.42. The van der Waals surface area contributed by atoms with Crippen LogP contribution in [0.2, 0.25) is 6.82 Å². The zero-order valence-electron chi connectivity index (χ0n) is 15.6. The third kappa shape index (κ3) is 3.92. The monoisotopic (exact) mass is 352 g/mol. The van der Waals surface area contributed by atoms with E-state index in [2.05, 4.69) is 21.9 Å². The van der Waals surface area contributed by atoms with Gasteiger partial charge in [-0.1, -0.05) is 35.9 Å². The maximum absolute atomic E-state index is 9.84. The Labute approximate surface area is 155 Å². The fraction of sp³-hybridized carbons (Fsp3) is 0.350. The molecule has 136 valence electrons. The lowest BCUT2D eigenvalue weighted by molar-refractivity contribution is 0.345. The van der Waals surface area contributed by atoms with Crippen LogP contribution in [0.15, 0.2) is 48.0 Å². The van der Waals surface area contributed by atoms with Crippen molar-refractivity contribution >= 4 is 12.6 Å². The molecule has 1 aromatic carbocycles. The number of ether oxygens (including phenoxy) is 2. The highest BCUT2D eigenvalue weighted by Gasteiger charge is 2.24. The molecule has 3 rings (SSSR count). The number of hydrogen-bond acceptors (Lipinski definition) is 5. The van der Waals surface area contributed by atoms with Crippen LogP contribution in [-0.2, 0) is 0 Å². The average Bonchev–Trinajstić information content (AvgIpc) is 2.69. The molecular formula is C20H25BN2O3. The van der Waals surface area contributed by atoms with Crippen LogP contribution in [0.5, 0.6) is 11.8 Å². The Morgan fingerprint density at radius 1 is 1.04 bits per heavy atom. The third-order valence-corrected chi connectivity index (χ3v) is 4.85. The van der Waals surface area contributed by atoms with Crippen LogP contribution in [0, 0.1) is 0 Å². The number of piperidine rings is 1. The Hall–Kier alpha value is -2.31. The van der Waals surface area contributed by atoms with Crippen LogP contribution in [0.25, 0.3) is 5.57 Å². The normalized spacial score (nSPS) is 14.8. The molecule has 1 aliphatic rings. The van der Waals surface area contributed by atoms with Crippen molar-refractivity contribution in [1.82, 2.24) is 9.79 Å². The first-order chi connectivity index (χ1) is 12.6. The molecule has 0 spiro atoms. The van der Waals surface area contributed by atoms with Gasteiger partial charge in [0, 0.05) is 11.6 Å². The predicted octanol–water partition coefficient (Wildman–Crippen LogP) is 3.11. The minimum atomic E-state index is -0.408. The summed E-state index contributed by atoms with van der Waals surface area (Å²) in [5, 5.41) is 9.84. The lowest BCUT2D eigenvalue weighted by Crippen LogP contribution is -2.41. The first kappa shape index (κ1) is 18.5. The Bertz CT molecular complexity index is 768. The number of aromatic nitrogens is 1. The van der Waals surface area contributed by atoms with Crippen LogP contribution in [0.1, 0.15) is 24.0 Å². The summed E-state index contributed by atoms with van der Waals surface area (Å²) in [7, 11) is 2.83. The fourth-order valence-electron chi connectivity index (χ4n) is 3.46. The molecule has 6 heteroatoms. The molecule has 1 N–H and O–H groups in total. The summed E-state index contributed by atoms with van der Waals surface area (Å²) >= 11 is 0. The molecule has 26 heavy (non-hydrogen) atoms. The molecule has 0 amide bonds. The second-order valence-electron chi connectivity index (χ2n) is 6.42. The van der Waals surface area contributed by atoms with Crippen LogP contribution in [0.4, 0.5) is 0 Å².